The molecule has 0 aromatic carbocycles. The van der Waals surface area contributed by atoms with Crippen LogP contribution in [0.1, 0.15) is 12.7 Å². The first-order valence-corrected chi connectivity index (χ1v) is 10.6. The molecule has 0 aliphatic carbocycles. The Balaban J connectivity index is 1.78. The molecule has 2 aliphatic heterocycles. The van der Waals surface area contributed by atoms with E-state index < -0.39 is 35.2 Å². The number of nitrogens with one attached hydrogen (secondary N) is 1. The minimum atomic E-state index is -1.34. The third-order valence-electron chi connectivity index (χ3n) is 4.16. The number of terminal acetylenes is 1. The number of aliphatic carboxylic acids is 1. The van der Waals surface area contributed by atoms with Crippen LogP contribution in [0.2, 0.25) is 0 Å². The number of carboxylic acid groups (broad SMARTS) is 1. The summed E-state index contributed by atoms with van der Waals surface area (Å²) in [6, 6.07) is -1.04. The maximum Gasteiger partial charge on any atom is 0.352 e. The SMILES string of the molecule is C#CCON=C(C(=O)N[C@@H]1C(=O)N2C(C(=O)O)=C(COC(C)=O)CS[C@H]12)c1nsc(N)n1. The number of amides is 2. The van der Waals surface area contributed by atoms with Crippen molar-refractivity contribution in [1.82, 2.24) is 19.6 Å². The fourth-order valence-corrected chi connectivity index (χ4v) is 4.60. The van der Waals surface area contributed by atoms with Crippen LogP contribution in [0.4, 0.5) is 5.13 Å². The summed E-state index contributed by atoms with van der Waals surface area (Å²) in [6.07, 6.45) is 5.10. The number of fused-ring (bicyclic) bond motifs is 1. The molecule has 168 valence electrons. The zero-order valence-corrected chi connectivity index (χ0v) is 18.1. The predicted molar refractivity (Wildman–Crippen MR) is 112 cm³/mol. The number of nitrogen functional groups attached to an aromatic ring is 1. The molecule has 0 saturated carbocycles. The van der Waals surface area contributed by atoms with E-state index in [-0.39, 0.29) is 46.9 Å². The maximum atomic E-state index is 12.8. The summed E-state index contributed by atoms with van der Waals surface area (Å²) < 4.78 is 8.78. The predicted octanol–water partition coefficient (Wildman–Crippen LogP) is -1.22. The van der Waals surface area contributed by atoms with E-state index in [4.69, 9.17) is 21.7 Å². The summed E-state index contributed by atoms with van der Waals surface area (Å²) in [6.45, 7) is 0.720. The lowest BCUT2D eigenvalue weighted by molar-refractivity contribution is -0.150. The van der Waals surface area contributed by atoms with Gasteiger partial charge in [0.15, 0.2) is 11.7 Å². The van der Waals surface area contributed by atoms with Crippen LogP contribution in [0.3, 0.4) is 0 Å². The Morgan fingerprint density at radius 2 is 2.22 bits per heavy atom. The Morgan fingerprint density at radius 3 is 2.81 bits per heavy atom. The van der Waals surface area contributed by atoms with Crippen molar-refractivity contribution in [2.24, 2.45) is 5.16 Å². The minimum absolute atomic E-state index is 0.0859. The van der Waals surface area contributed by atoms with E-state index in [1.807, 2.05) is 0 Å². The number of thioether (sulfide) groups is 1. The average molecular weight is 480 g/mol. The van der Waals surface area contributed by atoms with Gasteiger partial charge in [0.25, 0.3) is 11.8 Å². The number of esters is 1. The molecule has 2 aliphatic rings. The van der Waals surface area contributed by atoms with Gasteiger partial charge < -0.3 is 25.7 Å². The Bertz CT molecular complexity index is 1080. The molecular weight excluding hydrogens is 464 g/mol. The fraction of sp³-hybridized carbons (Fsp3) is 0.353. The molecule has 3 rings (SSSR count). The normalized spacial score (nSPS) is 20.1. The molecule has 0 radical (unpaired) electrons. The Hall–Kier alpha value is -3.64. The number of carbonyl (C=O) groups excluding carboxylic acids is 3. The lowest BCUT2D eigenvalue weighted by atomic mass is 10.0. The van der Waals surface area contributed by atoms with Crippen LogP contribution in [0.25, 0.3) is 0 Å². The van der Waals surface area contributed by atoms with Gasteiger partial charge in [-0.25, -0.2) is 4.79 Å². The molecule has 32 heavy (non-hydrogen) atoms. The van der Waals surface area contributed by atoms with Crippen molar-refractivity contribution in [2.75, 3.05) is 24.7 Å². The summed E-state index contributed by atoms with van der Waals surface area (Å²) in [4.78, 5) is 58.1. The molecule has 1 fully saturated rings. The van der Waals surface area contributed by atoms with E-state index in [0.717, 1.165) is 16.4 Å². The number of nitrogens with two attached hydrogens (primary N) is 1. The Labute approximate surface area is 189 Å². The first-order valence-electron chi connectivity index (χ1n) is 8.81. The zero-order valence-electron chi connectivity index (χ0n) is 16.4. The first-order chi connectivity index (χ1) is 15.2. The average Bonchev–Trinajstić information content (AvgIpc) is 3.18. The summed E-state index contributed by atoms with van der Waals surface area (Å²) >= 11 is 2.04. The lowest BCUT2D eigenvalue weighted by Crippen LogP contribution is -2.71. The Morgan fingerprint density at radius 1 is 1.47 bits per heavy atom. The number of ether oxygens (including phenoxy) is 1. The van der Waals surface area contributed by atoms with Crippen molar-refractivity contribution < 1.29 is 33.9 Å². The number of anilines is 1. The van der Waals surface area contributed by atoms with Crippen LogP contribution in [0.15, 0.2) is 16.4 Å². The number of hydrogen-bond donors (Lipinski definition) is 3. The highest BCUT2D eigenvalue weighted by Crippen LogP contribution is 2.40. The standard InChI is InChI=1S/C17H16N6O7S2/c1-3-4-30-21-9(12-20-17(18)32-22-12)13(25)19-10-14(26)23-11(16(27)28)8(5-29-7(2)24)6-31-15(10)23/h1,10,15H,4-6H2,2H3,(H,19,25)(H,27,28)(H2,18,20,22)/t10-,15-/m1/s1. The van der Waals surface area contributed by atoms with E-state index in [1.165, 1.54) is 18.7 Å². The number of rotatable bonds is 8. The number of aromatic nitrogens is 2. The molecule has 13 nitrogen and oxygen atoms in total. The van der Waals surface area contributed by atoms with E-state index in [9.17, 15) is 24.3 Å². The second-order valence-electron chi connectivity index (χ2n) is 6.27. The van der Waals surface area contributed by atoms with Crippen molar-refractivity contribution >= 4 is 57.9 Å². The number of oxime groups is 1. The van der Waals surface area contributed by atoms with Gasteiger partial charge in [0.2, 0.25) is 11.5 Å². The van der Waals surface area contributed by atoms with Crippen molar-refractivity contribution in [3.63, 3.8) is 0 Å². The van der Waals surface area contributed by atoms with Gasteiger partial charge in [-0.05, 0) is 0 Å². The van der Waals surface area contributed by atoms with E-state index in [0.29, 0.717) is 0 Å². The summed E-state index contributed by atoms with van der Waals surface area (Å²) in [5, 5.41) is 15.1. The molecule has 0 bridgehead atoms. The topological polar surface area (TPSA) is 186 Å². The third kappa shape index (κ3) is 4.65. The molecule has 0 unspecified atom stereocenters. The van der Waals surface area contributed by atoms with Crippen LogP contribution >= 0.6 is 23.3 Å². The molecule has 3 heterocycles. The molecule has 1 aromatic heterocycles. The molecular formula is C17H16N6O7S2. The van der Waals surface area contributed by atoms with Gasteiger partial charge in [-0.3, -0.25) is 19.3 Å². The second-order valence-corrected chi connectivity index (χ2v) is 8.16. The van der Waals surface area contributed by atoms with Gasteiger partial charge in [-0.1, -0.05) is 11.1 Å². The number of β-lactam (4-membered cyclic amide) rings is 1. The van der Waals surface area contributed by atoms with Crippen LogP contribution in [0.5, 0.6) is 0 Å². The van der Waals surface area contributed by atoms with Crippen molar-refractivity contribution in [1.29, 1.82) is 0 Å². The van der Waals surface area contributed by atoms with Gasteiger partial charge >= 0.3 is 11.9 Å². The van der Waals surface area contributed by atoms with E-state index in [2.05, 4.69) is 25.8 Å². The van der Waals surface area contributed by atoms with Gasteiger partial charge in [0, 0.05) is 29.8 Å². The largest absolute Gasteiger partial charge is 0.477 e. The van der Waals surface area contributed by atoms with Gasteiger partial charge in [0.05, 0.1) is 0 Å². The number of hydrogen-bond acceptors (Lipinski definition) is 12. The molecule has 4 N–H and O–H groups in total. The quantitative estimate of drug-likeness (QED) is 0.101. The first kappa shape index (κ1) is 23.0. The van der Waals surface area contributed by atoms with Gasteiger partial charge in [-0.15, -0.1) is 18.2 Å². The smallest absolute Gasteiger partial charge is 0.352 e. The summed E-state index contributed by atoms with van der Waals surface area (Å²) in [5.41, 5.74) is 5.21. The molecule has 0 spiro atoms. The molecule has 1 saturated heterocycles. The summed E-state index contributed by atoms with van der Waals surface area (Å²) in [5.74, 6) is -1.15. The third-order valence-corrected chi connectivity index (χ3v) is 6.04. The van der Waals surface area contributed by atoms with Crippen LogP contribution in [-0.2, 0) is 28.8 Å². The number of carbonyl (C=O) groups is 4. The van der Waals surface area contributed by atoms with E-state index >= 15 is 0 Å². The zero-order chi connectivity index (χ0) is 23.4. The highest BCUT2D eigenvalue weighted by molar-refractivity contribution is 8.00. The molecule has 2 atom stereocenters. The molecule has 2 amide bonds. The van der Waals surface area contributed by atoms with Crippen LogP contribution in [0, 0.1) is 12.3 Å². The lowest BCUT2D eigenvalue weighted by Gasteiger charge is -2.49. The second kappa shape index (κ2) is 9.66. The van der Waals surface area contributed by atoms with Crippen molar-refractivity contribution in [3.8, 4) is 12.3 Å². The number of carboxylic acids is 1. The van der Waals surface area contributed by atoms with Crippen molar-refractivity contribution in [2.45, 2.75) is 18.3 Å². The van der Waals surface area contributed by atoms with Crippen LogP contribution in [-0.4, -0.2) is 79.2 Å². The highest BCUT2D eigenvalue weighted by atomic mass is 32.2. The van der Waals surface area contributed by atoms with E-state index in [1.54, 1.807) is 0 Å². The van der Waals surface area contributed by atoms with Crippen molar-refractivity contribution in [3.05, 3.63) is 17.1 Å². The molecule has 15 heteroatoms. The molecule has 1 aromatic rings. The highest BCUT2D eigenvalue weighted by Gasteiger charge is 2.54. The minimum Gasteiger partial charge on any atom is -0.477 e. The number of nitrogens with zero attached hydrogens (tertiary/aromatic N) is 4. The summed E-state index contributed by atoms with van der Waals surface area (Å²) in [7, 11) is 0. The van der Waals surface area contributed by atoms with Gasteiger partial charge in [-0.2, -0.15) is 9.36 Å². The Kier molecular flexibility index (Phi) is 6.95. The fourth-order valence-electron chi connectivity index (χ4n) is 2.84. The van der Waals surface area contributed by atoms with Gasteiger partial charge in [0.1, 0.15) is 23.7 Å². The monoisotopic (exact) mass is 480 g/mol. The maximum absolute atomic E-state index is 12.8. The van der Waals surface area contributed by atoms with Crippen LogP contribution < -0.4 is 11.1 Å².